The van der Waals surface area contributed by atoms with Crippen LogP contribution in [0.4, 0.5) is 0 Å². The van der Waals surface area contributed by atoms with Gasteiger partial charge in [-0.25, -0.2) is 0 Å². The molecule has 1 aliphatic rings. The largest absolute Gasteiger partial charge is 0.396 e. The van der Waals surface area contributed by atoms with Gasteiger partial charge in [0.15, 0.2) is 0 Å². The maximum absolute atomic E-state index is 12.3. The van der Waals surface area contributed by atoms with Gasteiger partial charge in [-0.05, 0) is 36.3 Å². The molecule has 1 aliphatic heterocycles. The van der Waals surface area contributed by atoms with E-state index in [4.69, 9.17) is 0 Å². The summed E-state index contributed by atoms with van der Waals surface area (Å²) in [7, 11) is 0. The lowest BCUT2D eigenvalue weighted by molar-refractivity contribution is -0.132. The van der Waals surface area contributed by atoms with Gasteiger partial charge < -0.3 is 10.0 Å². The molecular weight excluding hydrogens is 238 g/mol. The molecule has 1 N–H and O–H groups in total. The lowest BCUT2D eigenvalue weighted by Crippen LogP contribution is -2.41. The molecule has 2 rings (SSSR count). The number of aryl methyl sites for hydroxylation is 1. The minimum atomic E-state index is 0.186. The van der Waals surface area contributed by atoms with Crippen molar-refractivity contribution in [1.82, 2.24) is 4.90 Å². The molecule has 1 atom stereocenters. The van der Waals surface area contributed by atoms with E-state index in [0.29, 0.717) is 13.0 Å². The summed E-state index contributed by atoms with van der Waals surface area (Å²) >= 11 is 0. The highest BCUT2D eigenvalue weighted by Crippen LogP contribution is 2.17. The number of amides is 1. The molecule has 0 radical (unpaired) electrons. The van der Waals surface area contributed by atoms with Crippen LogP contribution in [-0.4, -0.2) is 35.6 Å². The Hall–Kier alpha value is -1.35. The third-order valence-corrected chi connectivity index (χ3v) is 3.88. The van der Waals surface area contributed by atoms with Crippen molar-refractivity contribution >= 4 is 5.91 Å². The molecule has 1 unspecified atom stereocenters. The second-order valence-electron chi connectivity index (χ2n) is 5.38. The molecule has 0 aromatic heterocycles. The predicted molar refractivity (Wildman–Crippen MR) is 75.9 cm³/mol. The highest BCUT2D eigenvalue weighted by Gasteiger charge is 2.22. The SMILES string of the molecule is CCc1cccc(CC(=O)N2CCCC(CO)C2)c1. The van der Waals surface area contributed by atoms with Crippen LogP contribution in [0.2, 0.25) is 0 Å². The highest BCUT2D eigenvalue weighted by atomic mass is 16.3. The third kappa shape index (κ3) is 3.80. The van der Waals surface area contributed by atoms with E-state index < -0.39 is 0 Å². The van der Waals surface area contributed by atoms with E-state index in [0.717, 1.165) is 31.4 Å². The Bertz CT molecular complexity index is 431. The molecule has 1 amide bonds. The molecule has 3 heteroatoms. The van der Waals surface area contributed by atoms with Gasteiger partial charge in [0.2, 0.25) is 5.91 Å². The number of rotatable bonds is 4. The average molecular weight is 261 g/mol. The summed E-state index contributed by atoms with van der Waals surface area (Å²) in [5, 5.41) is 9.21. The first kappa shape index (κ1) is 14.1. The number of nitrogens with zero attached hydrogens (tertiary/aromatic N) is 1. The smallest absolute Gasteiger partial charge is 0.227 e. The molecule has 1 aromatic carbocycles. The number of hydrogen-bond acceptors (Lipinski definition) is 2. The molecule has 0 saturated carbocycles. The molecule has 104 valence electrons. The van der Waals surface area contributed by atoms with Crippen molar-refractivity contribution in [3.05, 3.63) is 35.4 Å². The second-order valence-corrected chi connectivity index (χ2v) is 5.38. The highest BCUT2D eigenvalue weighted by molar-refractivity contribution is 5.78. The fourth-order valence-electron chi connectivity index (χ4n) is 2.69. The summed E-state index contributed by atoms with van der Waals surface area (Å²) < 4.78 is 0. The minimum absolute atomic E-state index is 0.186. The van der Waals surface area contributed by atoms with Crippen molar-refractivity contribution in [2.24, 2.45) is 5.92 Å². The fourth-order valence-corrected chi connectivity index (χ4v) is 2.69. The standard InChI is InChI=1S/C16H23NO2/c1-2-13-5-3-6-14(9-13)10-16(19)17-8-4-7-15(11-17)12-18/h3,5-6,9,15,18H,2,4,7-8,10-12H2,1H3. The lowest BCUT2D eigenvalue weighted by Gasteiger charge is -2.32. The van der Waals surface area contributed by atoms with Crippen LogP contribution in [0.25, 0.3) is 0 Å². The number of piperidine rings is 1. The Labute approximate surface area is 115 Å². The van der Waals surface area contributed by atoms with Gasteiger partial charge in [-0.1, -0.05) is 31.2 Å². The molecule has 1 saturated heterocycles. The number of carbonyl (C=O) groups excluding carboxylic acids is 1. The van der Waals surface area contributed by atoms with Gasteiger partial charge in [0.25, 0.3) is 0 Å². The predicted octanol–water partition coefficient (Wildman–Crippen LogP) is 2.02. The van der Waals surface area contributed by atoms with E-state index in [1.54, 1.807) is 0 Å². The molecule has 0 aliphatic carbocycles. The summed E-state index contributed by atoms with van der Waals surface area (Å²) in [6, 6.07) is 8.25. The van der Waals surface area contributed by atoms with E-state index in [9.17, 15) is 9.90 Å². The van der Waals surface area contributed by atoms with Crippen LogP contribution in [0.1, 0.15) is 30.9 Å². The van der Waals surface area contributed by atoms with Crippen LogP contribution in [0, 0.1) is 5.92 Å². The van der Waals surface area contributed by atoms with E-state index in [1.165, 1.54) is 5.56 Å². The van der Waals surface area contributed by atoms with E-state index >= 15 is 0 Å². The maximum Gasteiger partial charge on any atom is 0.227 e. The zero-order chi connectivity index (χ0) is 13.7. The Balaban J connectivity index is 1.96. The van der Waals surface area contributed by atoms with Gasteiger partial charge in [-0.15, -0.1) is 0 Å². The molecular formula is C16H23NO2. The number of aliphatic hydroxyl groups excluding tert-OH is 1. The second kappa shape index (κ2) is 6.71. The molecule has 0 bridgehead atoms. The van der Waals surface area contributed by atoms with Gasteiger partial charge in [0, 0.05) is 19.7 Å². The number of hydrogen-bond donors (Lipinski definition) is 1. The summed E-state index contributed by atoms with van der Waals surface area (Å²) in [6.07, 6.45) is 3.52. The first-order valence-electron chi connectivity index (χ1n) is 7.19. The average Bonchev–Trinajstić information content (AvgIpc) is 2.47. The van der Waals surface area contributed by atoms with Crippen LogP contribution in [0.3, 0.4) is 0 Å². The summed E-state index contributed by atoms with van der Waals surface area (Å²) in [5.74, 6) is 0.450. The van der Waals surface area contributed by atoms with Crippen molar-refractivity contribution in [3.63, 3.8) is 0 Å². The lowest BCUT2D eigenvalue weighted by atomic mass is 9.98. The quantitative estimate of drug-likeness (QED) is 0.901. The Morgan fingerprint density at radius 3 is 2.95 bits per heavy atom. The van der Waals surface area contributed by atoms with Crippen molar-refractivity contribution < 1.29 is 9.90 Å². The summed E-state index contributed by atoms with van der Waals surface area (Å²) in [5.41, 5.74) is 2.37. The molecule has 0 spiro atoms. The summed E-state index contributed by atoms with van der Waals surface area (Å²) in [4.78, 5) is 14.2. The van der Waals surface area contributed by atoms with E-state index in [1.807, 2.05) is 17.0 Å². The zero-order valence-electron chi connectivity index (χ0n) is 11.6. The van der Waals surface area contributed by atoms with Crippen molar-refractivity contribution in [3.8, 4) is 0 Å². The van der Waals surface area contributed by atoms with Gasteiger partial charge in [-0.2, -0.15) is 0 Å². The van der Waals surface area contributed by atoms with Crippen molar-refractivity contribution in [1.29, 1.82) is 0 Å². The molecule has 1 heterocycles. The molecule has 19 heavy (non-hydrogen) atoms. The first-order chi connectivity index (χ1) is 9.22. The topological polar surface area (TPSA) is 40.5 Å². The van der Waals surface area contributed by atoms with Crippen LogP contribution in [-0.2, 0) is 17.6 Å². The van der Waals surface area contributed by atoms with Crippen molar-refractivity contribution in [2.75, 3.05) is 19.7 Å². The van der Waals surface area contributed by atoms with Crippen LogP contribution >= 0.6 is 0 Å². The Morgan fingerprint density at radius 1 is 1.42 bits per heavy atom. The van der Waals surface area contributed by atoms with Gasteiger partial charge in [0.1, 0.15) is 0 Å². The van der Waals surface area contributed by atoms with Crippen molar-refractivity contribution in [2.45, 2.75) is 32.6 Å². The minimum Gasteiger partial charge on any atom is -0.396 e. The molecule has 1 fully saturated rings. The zero-order valence-corrected chi connectivity index (χ0v) is 11.6. The Morgan fingerprint density at radius 2 is 2.21 bits per heavy atom. The number of carbonyl (C=O) groups is 1. The van der Waals surface area contributed by atoms with Gasteiger partial charge in [0.05, 0.1) is 6.42 Å². The Kier molecular flexibility index (Phi) is 4.97. The number of benzene rings is 1. The first-order valence-corrected chi connectivity index (χ1v) is 7.19. The maximum atomic E-state index is 12.3. The van der Waals surface area contributed by atoms with E-state index in [-0.39, 0.29) is 18.4 Å². The number of likely N-dealkylation sites (tertiary alicyclic amines) is 1. The van der Waals surface area contributed by atoms with Gasteiger partial charge >= 0.3 is 0 Å². The van der Waals surface area contributed by atoms with Crippen LogP contribution in [0.5, 0.6) is 0 Å². The summed E-state index contributed by atoms with van der Waals surface area (Å²) in [6.45, 7) is 3.86. The monoisotopic (exact) mass is 261 g/mol. The normalized spacial score (nSPS) is 19.5. The molecule has 3 nitrogen and oxygen atoms in total. The molecule has 1 aromatic rings. The number of aliphatic hydroxyl groups is 1. The van der Waals surface area contributed by atoms with Gasteiger partial charge in [-0.3, -0.25) is 4.79 Å². The van der Waals surface area contributed by atoms with Crippen LogP contribution in [0.15, 0.2) is 24.3 Å². The van der Waals surface area contributed by atoms with Crippen LogP contribution < -0.4 is 0 Å². The third-order valence-electron chi connectivity index (χ3n) is 3.88. The fraction of sp³-hybridized carbons (Fsp3) is 0.562. The van der Waals surface area contributed by atoms with E-state index in [2.05, 4.69) is 19.1 Å².